The molecule has 122 valence electrons. The molecule has 5 nitrogen and oxygen atoms in total. The van der Waals surface area contributed by atoms with Gasteiger partial charge in [0.15, 0.2) is 0 Å². The molecule has 1 N–H and O–H groups in total. The van der Waals surface area contributed by atoms with E-state index in [0.29, 0.717) is 17.9 Å². The molecular weight excluding hydrogens is 304 g/mol. The van der Waals surface area contributed by atoms with Gasteiger partial charge in [0.25, 0.3) is 5.91 Å². The van der Waals surface area contributed by atoms with Gasteiger partial charge >= 0.3 is 0 Å². The van der Waals surface area contributed by atoms with Crippen molar-refractivity contribution in [3.63, 3.8) is 0 Å². The van der Waals surface area contributed by atoms with Crippen LogP contribution in [0.15, 0.2) is 65.1 Å². The molecule has 3 aromatic rings. The van der Waals surface area contributed by atoms with Crippen LogP contribution < -0.4 is 5.32 Å². The third-order valence-electron chi connectivity index (χ3n) is 3.73. The molecule has 0 fully saturated rings. The van der Waals surface area contributed by atoms with Crippen molar-refractivity contribution < 1.29 is 14.0 Å². The van der Waals surface area contributed by atoms with Gasteiger partial charge in [-0.2, -0.15) is 0 Å². The van der Waals surface area contributed by atoms with E-state index in [1.54, 1.807) is 31.3 Å². The number of fused-ring (bicyclic) bond motifs is 1. The molecule has 1 heterocycles. The third kappa shape index (κ3) is 3.63. The van der Waals surface area contributed by atoms with Crippen LogP contribution >= 0.6 is 0 Å². The summed E-state index contributed by atoms with van der Waals surface area (Å²) >= 11 is 0. The van der Waals surface area contributed by atoms with Gasteiger partial charge in [0.1, 0.15) is 11.3 Å². The summed E-state index contributed by atoms with van der Waals surface area (Å²) in [6, 6.07) is 18.4. The zero-order valence-corrected chi connectivity index (χ0v) is 13.4. The Labute approximate surface area is 139 Å². The molecule has 3 rings (SSSR count). The summed E-state index contributed by atoms with van der Waals surface area (Å²) in [4.78, 5) is 25.6. The van der Waals surface area contributed by atoms with Gasteiger partial charge in [-0.3, -0.25) is 9.59 Å². The molecule has 0 bridgehead atoms. The molecule has 24 heavy (non-hydrogen) atoms. The van der Waals surface area contributed by atoms with E-state index in [4.69, 9.17) is 4.42 Å². The molecule has 1 aromatic heterocycles. The number of hydrogen-bond acceptors (Lipinski definition) is 3. The van der Waals surface area contributed by atoms with Gasteiger partial charge in [-0.05, 0) is 24.3 Å². The second-order valence-electron chi connectivity index (χ2n) is 5.55. The van der Waals surface area contributed by atoms with Crippen molar-refractivity contribution in [3.05, 3.63) is 72.0 Å². The van der Waals surface area contributed by atoms with Gasteiger partial charge in [0, 0.05) is 18.0 Å². The van der Waals surface area contributed by atoms with Crippen LogP contribution in [-0.2, 0) is 11.3 Å². The minimum Gasteiger partial charge on any atom is -0.459 e. The van der Waals surface area contributed by atoms with Crippen LogP contribution in [-0.4, -0.2) is 30.3 Å². The number of likely N-dealkylation sites (N-methyl/N-ethyl adjacent to an activating group) is 1. The average molecular weight is 322 g/mol. The van der Waals surface area contributed by atoms with Crippen LogP contribution in [0.4, 0.5) is 0 Å². The zero-order chi connectivity index (χ0) is 16.9. The number of hydrogen-bond donors (Lipinski definition) is 1. The summed E-state index contributed by atoms with van der Waals surface area (Å²) in [7, 11) is 1.68. The first-order chi connectivity index (χ1) is 11.6. The number of furan rings is 1. The van der Waals surface area contributed by atoms with Crippen LogP contribution in [0.25, 0.3) is 11.0 Å². The first-order valence-corrected chi connectivity index (χ1v) is 7.68. The number of carbonyl (C=O) groups excluding carboxylic acids is 2. The van der Waals surface area contributed by atoms with E-state index >= 15 is 0 Å². The Hall–Kier alpha value is -3.08. The molecule has 0 aliphatic rings. The minimum atomic E-state index is -0.263. The molecule has 0 aliphatic heterocycles. The quantitative estimate of drug-likeness (QED) is 0.785. The lowest BCUT2D eigenvalue weighted by atomic mass is 10.2. The van der Waals surface area contributed by atoms with Crippen LogP contribution in [0.3, 0.4) is 0 Å². The van der Waals surface area contributed by atoms with Crippen molar-refractivity contribution in [2.45, 2.75) is 6.54 Å². The predicted octanol–water partition coefficient (Wildman–Crippen LogP) is 2.82. The van der Waals surface area contributed by atoms with E-state index in [1.807, 2.05) is 36.4 Å². The van der Waals surface area contributed by atoms with Crippen LogP contribution in [0.2, 0.25) is 0 Å². The van der Waals surface area contributed by atoms with Gasteiger partial charge in [0.2, 0.25) is 5.91 Å². The summed E-state index contributed by atoms with van der Waals surface area (Å²) in [5.41, 5.74) is 1.33. The standard InChI is InChI=1S/C19H18N2O3/c1-21(13-16-11-15-9-5-6-10-17(15)24-16)18(22)12-20-19(23)14-7-3-2-4-8-14/h2-11H,12-13H2,1H3,(H,20,23). The highest BCUT2D eigenvalue weighted by Crippen LogP contribution is 2.19. The topological polar surface area (TPSA) is 62.6 Å². The molecule has 2 aromatic carbocycles. The van der Waals surface area contributed by atoms with E-state index in [-0.39, 0.29) is 18.4 Å². The Balaban J connectivity index is 1.55. The first kappa shape index (κ1) is 15.8. The molecule has 0 radical (unpaired) electrons. The Kier molecular flexibility index (Phi) is 4.61. The smallest absolute Gasteiger partial charge is 0.251 e. The van der Waals surface area contributed by atoms with E-state index in [2.05, 4.69) is 5.32 Å². The molecular formula is C19H18N2O3. The molecule has 2 amide bonds. The molecule has 0 saturated carbocycles. The second-order valence-corrected chi connectivity index (χ2v) is 5.55. The van der Waals surface area contributed by atoms with Gasteiger partial charge in [-0.25, -0.2) is 0 Å². The highest BCUT2D eigenvalue weighted by atomic mass is 16.3. The summed E-state index contributed by atoms with van der Waals surface area (Å²) in [5, 5.41) is 3.64. The number of nitrogens with one attached hydrogen (secondary N) is 1. The Morgan fingerprint density at radius 3 is 2.50 bits per heavy atom. The van der Waals surface area contributed by atoms with Crippen LogP contribution in [0, 0.1) is 0 Å². The second kappa shape index (κ2) is 7.00. The normalized spacial score (nSPS) is 10.5. The number of amides is 2. The number of carbonyl (C=O) groups is 2. The SMILES string of the molecule is CN(Cc1cc2ccccc2o1)C(=O)CNC(=O)c1ccccc1. The fourth-order valence-electron chi connectivity index (χ4n) is 2.42. The zero-order valence-electron chi connectivity index (χ0n) is 13.4. The molecule has 0 atom stereocenters. The lowest BCUT2D eigenvalue weighted by Crippen LogP contribution is -2.37. The fourth-order valence-corrected chi connectivity index (χ4v) is 2.42. The van der Waals surface area contributed by atoms with Crippen molar-refractivity contribution in [1.29, 1.82) is 0 Å². The van der Waals surface area contributed by atoms with Crippen molar-refractivity contribution in [2.75, 3.05) is 13.6 Å². The van der Waals surface area contributed by atoms with Gasteiger partial charge < -0.3 is 14.6 Å². The maximum Gasteiger partial charge on any atom is 0.251 e. The average Bonchev–Trinajstić information content (AvgIpc) is 3.02. The van der Waals surface area contributed by atoms with Gasteiger partial charge in [0.05, 0.1) is 13.1 Å². The number of para-hydroxylation sites is 1. The fraction of sp³-hybridized carbons (Fsp3) is 0.158. The maximum atomic E-state index is 12.2. The first-order valence-electron chi connectivity index (χ1n) is 7.68. The van der Waals surface area contributed by atoms with Crippen molar-refractivity contribution in [1.82, 2.24) is 10.2 Å². The minimum absolute atomic E-state index is 0.0511. The van der Waals surface area contributed by atoms with Crippen molar-refractivity contribution in [2.24, 2.45) is 0 Å². The van der Waals surface area contributed by atoms with E-state index < -0.39 is 0 Å². The summed E-state index contributed by atoms with van der Waals surface area (Å²) in [6.07, 6.45) is 0. The molecule has 0 aliphatic carbocycles. The van der Waals surface area contributed by atoms with Gasteiger partial charge in [-0.1, -0.05) is 36.4 Å². The highest BCUT2D eigenvalue weighted by molar-refractivity contribution is 5.96. The molecule has 5 heteroatoms. The molecule has 0 saturated heterocycles. The highest BCUT2D eigenvalue weighted by Gasteiger charge is 2.13. The third-order valence-corrected chi connectivity index (χ3v) is 3.73. The van der Waals surface area contributed by atoms with E-state index in [9.17, 15) is 9.59 Å². The van der Waals surface area contributed by atoms with Crippen LogP contribution in [0.1, 0.15) is 16.1 Å². The van der Waals surface area contributed by atoms with Crippen molar-refractivity contribution >= 4 is 22.8 Å². The summed E-state index contributed by atoms with van der Waals surface area (Å²) in [6.45, 7) is 0.305. The molecule has 0 unspecified atom stereocenters. The van der Waals surface area contributed by atoms with E-state index in [0.717, 1.165) is 11.0 Å². The summed E-state index contributed by atoms with van der Waals surface area (Å²) < 4.78 is 5.70. The largest absolute Gasteiger partial charge is 0.459 e. The number of nitrogens with zero attached hydrogens (tertiary/aromatic N) is 1. The Bertz CT molecular complexity index is 822. The molecule has 0 spiro atoms. The van der Waals surface area contributed by atoms with Gasteiger partial charge in [-0.15, -0.1) is 0 Å². The maximum absolute atomic E-state index is 12.2. The Morgan fingerprint density at radius 1 is 1.04 bits per heavy atom. The van der Waals surface area contributed by atoms with Crippen molar-refractivity contribution in [3.8, 4) is 0 Å². The summed E-state index contributed by atoms with van der Waals surface area (Å²) in [5.74, 6) is 0.266. The predicted molar refractivity (Wildman–Crippen MR) is 91.5 cm³/mol. The number of rotatable bonds is 5. The lowest BCUT2D eigenvalue weighted by Gasteiger charge is -2.16. The Morgan fingerprint density at radius 2 is 1.75 bits per heavy atom. The lowest BCUT2D eigenvalue weighted by molar-refractivity contribution is -0.129. The van der Waals surface area contributed by atoms with E-state index in [1.165, 1.54) is 4.90 Å². The number of benzene rings is 2. The van der Waals surface area contributed by atoms with Crippen LogP contribution in [0.5, 0.6) is 0 Å². The monoisotopic (exact) mass is 322 g/mol.